The second-order valence-corrected chi connectivity index (χ2v) is 4.70. The number of ether oxygens (including phenoxy) is 1. The van der Waals surface area contributed by atoms with Crippen LogP contribution < -0.4 is 4.74 Å². The van der Waals surface area contributed by atoms with Crippen molar-refractivity contribution in [1.29, 1.82) is 0 Å². The molecule has 2 aromatic rings. The third kappa shape index (κ3) is 4.16. The first-order valence-corrected chi connectivity index (χ1v) is 6.82. The SMILES string of the molecule is Fc1ccc(C#CCCl)cc1OCc1ccc(Cl)cc1. The summed E-state index contributed by atoms with van der Waals surface area (Å²) in [6, 6.07) is 11.7. The third-order valence-corrected chi connectivity index (χ3v) is 2.92. The van der Waals surface area contributed by atoms with Gasteiger partial charge in [-0.3, -0.25) is 0 Å². The first-order chi connectivity index (χ1) is 9.69. The van der Waals surface area contributed by atoms with Crippen LogP contribution in [0.25, 0.3) is 0 Å². The number of benzene rings is 2. The summed E-state index contributed by atoms with van der Waals surface area (Å²) in [5, 5.41) is 0.651. The Kier molecular flexibility index (Phi) is 5.29. The zero-order valence-corrected chi connectivity index (χ0v) is 12.0. The summed E-state index contributed by atoms with van der Waals surface area (Å²) in [7, 11) is 0. The first-order valence-electron chi connectivity index (χ1n) is 5.90. The van der Waals surface area contributed by atoms with Crippen molar-refractivity contribution in [2.24, 2.45) is 0 Å². The average molecular weight is 309 g/mol. The van der Waals surface area contributed by atoms with Gasteiger partial charge < -0.3 is 4.74 Å². The van der Waals surface area contributed by atoms with E-state index in [4.69, 9.17) is 27.9 Å². The summed E-state index contributed by atoms with van der Waals surface area (Å²) in [6.07, 6.45) is 0. The van der Waals surface area contributed by atoms with Gasteiger partial charge in [0.2, 0.25) is 0 Å². The van der Waals surface area contributed by atoms with Crippen LogP contribution in [-0.2, 0) is 6.61 Å². The third-order valence-electron chi connectivity index (χ3n) is 2.54. The minimum Gasteiger partial charge on any atom is -0.486 e. The van der Waals surface area contributed by atoms with E-state index in [0.717, 1.165) is 5.56 Å². The van der Waals surface area contributed by atoms with E-state index < -0.39 is 5.82 Å². The predicted molar refractivity (Wildman–Crippen MR) is 79.8 cm³/mol. The second kappa shape index (κ2) is 7.19. The predicted octanol–water partition coefficient (Wildman–Crippen LogP) is 4.65. The lowest BCUT2D eigenvalue weighted by atomic mass is 10.2. The molecule has 20 heavy (non-hydrogen) atoms. The van der Waals surface area contributed by atoms with Crippen LogP contribution in [0.5, 0.6) is 5.75 Å². The van der Waals surface area contributed by atoms with Crippen molar-refractivity contribution in [3.05, 3.63) is 64.4 Å². The van der Waals surface area contributed by atoms with E-state index >= 15 is 0 Å². The van der Waals surface area contributed by atoms with Gasteiger partial charge in [0, 0.05) is 10.6 Å². The smallest absolute Gasteiger partial charge is 0.165 e. The Bertz CT molecular complexity index is 642. The van der Waals surface area contributed by atoms with Crippen molar-refractivity contribution >= 4 is 23.2 Å². The van der Waals surface area contributed by atoms with E-state index in [1.54, 1.807) is 24.3 Å². The molecule has 0 N–H and O–H groups in total. The minimum atomic E-state index is -0.421. The molecule has 102 valence electrons. The molecule has 0 aliphatic carbocycles. The minimum absolute atomic E-state index is 0.168. The molecule has 0 aromatic heterocycles. The van der Waals surface area contributed by atoms with E-state index in [9.17, 15) is 4.39 Å². The van der Waals surface area contributed by atoms with E-state index in [-0.39, 0.29) is 18.2 Å². The zero-order chi connectivity index (χ0) is 14.4. The van der Waals surface area contributed by atoms with E-state index in [2.05, 4.69) is 11.8 Å². The Morgan fingerprint density at radius 3 is 2.55 bits per heavy atom. The molecule has 0 spiro atoms. The largest absolute Gasteiger partial charge is 0.486 e. The molecule has 0 fully saturated rings. The molecule has 0 amide bonds. The van der Waals surface area contributed by atoms with Crippen molar-refractivity contribution in [2.45, 2.75) is 6.61 Å². The Balaban J connectivity index is 2.10. The van der Waals surface area contributed by atoms with Crippen molar-refractivity contribution in [3.8, 4) is 17.6 Å². The summed E-state index contributed by atoms with van der Waals surface area (Å²) < 4.78 is 19.1. The van der Waals surface area contributed by atoms with Gasteiger partial charge in [-0.05, 0) is 35.9 Å². The summed E-state index contributed by atoms with van der Waals surface area (Å²) in [5.74, 6) is 5.52. The second-order valence-electron chi connectivity index (χ2n) is 4.00. The van der Waals surface area contributed by atoms with Crippen LogP contribution in [0.3, 0.4) is 0 Å². The summed E-state index contributed by atoms with van der Waals surface area (Å²) >= 11 is 11.3. The van der Waals surface area contributed by atoms with Gasteiger partial charge in [0.25, 0.3) is 0 Å². The van der Waals surface area contributed by atoms with Gasteiger partial charge in [-0.25, -0.2) is 4.39 Å². The van der Waals surface area contributed by atoms with Gasteiger partial charge >= 0.3 is 0 Å². The lowest BCUT2D eigenvalue weighted by Crippen LogP contribution is -1.97. The number of hydrogen-bond donors (Lipinski definition) is 0. The molecule has 0 radical (unpaired) electrons. The van der Waals surface area contributed by atoms with Gasteiger partial charge in [0.1, 0.15) is 6.61 Å². The van der Waals surface area contributed by atoms with Crippen LogP contribution in [0.2, 0.25) is 5.02 Å². The topological polar surface area (TPSA) is 9.23 Å². The number of rotatable bonds is 3. The summed E-state index contributed by atoms with van der Waals surface area (Å²) in [4.78, 5) is 0. The lowest BCUT2D eigenvalue weighted by molar-refractivity contribution is 0.290. The maximum Gasteiger partial charge on any atom is 0.165 e. The van der Waals surface area contributed by atoms with Gasteiger partial charge in [-0.1, -0.05) is 35.6 Å². The van der Waals surface area contributed by atoms with Gasteiger partial charge in [0.05, 0.1) is 5.88 Å². The number of alkyl halides is 1. The van der Waals surface area contributed by atoms with Crippen molar-refractivity contribution < 1.29 is 9.13 Å². The van der Waals surface area contributed by atoms with Crippen LogP contribution >= 0.6 is 23.2 Å². The Morgan fingerprint density at radius 1 is 1.10 bits per heavy atom. The van der Waals surface area contributed by atoms with Crippen molar-refractivity contribution in [2.75, 3.05) is 5.88 Å². The van der Waals surface area contributed by atoms with Crippen LogP contribution in [0.15, 0.2) is 42.5 Å². The molecule has 1 nitrogen and oxygen atoms in total. The Morgan fingerprint density at radius 2 is 1.85 bits per heavy atom. The maximum atomic E-state index is 13.6. The molecule has 0 unspecified atom stereocenters. The van der Waals surface area contributed by atoms with Crippen molar-refractivity contribution in [3.63, 3.8) is 0 Å². The highest BCUT2D eigenvalue weighted by Gasteiger charge is 2.04. The molecule has 0 saturated carbocycles. The summed E-state index contributed by atoms with van der Waals surface area (Å²) in [6.45, 7) is 0.264. The highest BCUT2D eigenvalue weighted by Crippen LogP contribution is 2.20. The lowest BCUT2D eigenvalue weighted by Gasteiger charge is -2.08. The molecule has 4 heteroatoms. The van der Waals surface area contributed by atoms with Crippen LogP contribution in [0, 0.1) is 17.7 Å². The maximum absolute atomic E-state index is 13.6. The van der Waals surface area contributed by atoms with Gasteiger partial charge in [0.15, 0.2) is 11.6 Å². The van der Waals surface area contributed by atoms with Gasteiger partial charge in [-0.15, -0.1) is 11.6 Å². The first kappa shape index (κ1) is 14.7. The van der Waals surface area contributed by atoms with Crippen LogP contribution in [-0.4, -0.2) is 5.88 Å². The molecule has 2 aromatic carbocycles. The zero-order valence-electron chi connectivity index (χ0n) is 10.5. The molecular weight excluding hydrogens is 298 g/mol. The van der Waals surface area contributed by atoms with Crippen LogP contribution in [0.4, 0.5) is 4.39 Å². The highest BCUT2D eigenvalue weighted by molar-refractivity contribution is 6.30. The van der Waals surface area contributed by atoms with Gasteiger partial charge in [-0.2, -0.15) is 0 Å². The molecule has 0 heterocycles. The molecule has 0 bridgehead atoms. The normalized spacial score (nSPS) is 9.75. The molecule has 0 saturated heterocycles. The van der Waals surface area contributed by atoms with E-state index in [1.807, 2.05) is 12.1 Å². The monoisotopic (exact) mass is 308 g/mol. The van der Waals surface area contributed by atoms with E-state index in [0.29, 0.717) is 10.6 Å². The fraction of sp³-hybridized carbons (Fsp3) is 0.125. The summed E-state index contributed by atoms with van der Waals surface area (Å²) in [5.41, 5.74) is 1.57. The highest BCUT2D eigenvalue weighted by atomic mass is 35.5. The Hall–Kier alpha value is -1.69. The fourth-order valence-electron chi connectivity index (χ4n) is 1.57. The average Bonchev–Trinajstić information content (AvgIpc) is 2.46. The molecule has 0 aliphatic heterocycles. The molecule has 2 rings (SSSR count). The Labute approximate surface area is 127 Å². The standard InChI is InChI=1S/C16H11Cl2FO/c17-9-1-2-12-5-8-15(19)16(10-12)20-11-13-3-6-14(18)7-4-13/h3-8,10H,9,11H2. The molecule has 0 atom stereocenters. The fourth-order valence-corrected chi connectivity index (χ4v) is 1.76. The van der Waals surface area contributed by atoms with E-state index in [1.165, 1.54) is 6.07 Å². The number of halogens is 3. The number of hydrogen-bond acceptors (Lipinski definition) is 1. The van der Waals surface area contributed by atoms with Crippen molar-refractivity contribution in [1.82, 2.24) is 0 Å². The quantitative estimate of drug-likeness (QED) is 0.592. The van der Waals surface area contributed by atoms with Crippen LogP contribution in [0.1, 0.15) is 11.1 Å². The molecular formula is C16H11Cl2FO. The molecule has 0 aliphatic rings.